The first-order valence-electron chi connectivity index (χ1n) is 11.4. The highest BCUT2D eigenvalue weighted by molar-refractivity contribution is 5.96. The van der Waals surface area contributed by atoms with E-state index in [1.165, 1.54) is 6.07 Å². The molecule has 1 aromatic carbocycles. The first-order chi connectivity index (χ1) is 17.6. The molecule has 0 radical (unpaired) electrons. The lowest BCUT2D eigenvalue weighted by molar-refractivity contribution is 0.514. The molecule has 1 aliphatic rings. The van der Waals surface area contributed by atoms with Crippen molar-refractivity contribution in [1.82, 2.24) is 40.1 Å². The molecule has 0 atom stereocenters. The molecule has 0 amide bonds. The van der Waals surface area contributed by atoms with Crippen LogP contribution >= 0.6 is 0 Å². The summed E-state index contributed by atoms with van der Waals surface area (Å²) >= 11 is 0. The topological polar surface area (TPSA) is 138 Å². The summed E-state index contributed by atoms with van der Waals surface area (Å²) in [7, 11) is 0. The normalized spacial score (nSPS) is 14.0. The van der Waals surface area contributed by atoms with Gasteiger partial charge in [-0.05, 0) is 18.2 Å². The third-order valence-electron chi connectivity index (χ3n) is 6.34. The van der Waals surface area contributed by atoms with Crippen LogP contribution in [0.4, 0.5) is 10.2 Å². The van der Waals surface area contributed by atoms with Crippen LogP contribution in [-0.2, 0) is 0 Å². The number of nitrogens with one attached hydrogen (secondary N) is 2. The van der Waals surface area contributed by atoms with Gasteiger partial charge in [0.1, 0.15) is 22.8 Å². The molecule has 1 fully saturated rings. The number of H-pyrrole nitrogens is 2. The molecule has 7 rings (SSSR count). The second-order valence-corrected chi connectivity index (χ2v) is 8.74. The molecule has 5 aromatic heterocycles. The van der Waals surface area contributed by atoms with Gasteiger partial charge in [0.15, 0.2) is 17.1 Å². The van der Waals surface area contributed by atoms with Gasteiger partial charge in [-0.2, -0.15) is 5.10 Å². The van der Waals surface area contributed by atoms with Gasteiger partial charge in [-0.25, -0.2) is 24.3 Å². The fourth-order valence-corrected chi connectivity index (χ4v) is 4.49. The van der Waals surface area contributed by atoms with Gasteiger partial charge >= 0.3 is 0 Å². The van der Waals surface area contributed by atoms with E-state index in [0.717, 1.165) is 29.9 Å². The number of halogens is 1. The first kappa shape index (κ1) is 20.6. The fraction of sp³-hybridized carbons (Fsp3) is 0.120. The Morgan fingerprint density at radius 1 is 0.972 bits per heavy atom. The highest BCUT2D eigenvalue weighted by atomic mass is 19.1. The summed E-state index contributed by atoms with van der Waals surface area (Å²) in [6, 6.07) is 10.5. The van der Waals surface area contributed by atoms with E-state index in [1.807, 2.05) is 6.07 Å². The number of hydrogen-bond donors (Lipinski definition) is 3. The third kappa shape index (κ3) is 3.28. The van der Waals surface area contributed by atoms with Crippen molar-refractivity contribution in [1.29, 1.82) is 0 Å². The Morgan fingerprint density at radius 2 is 1.86 bits per heavy atom. The zero-order valence-corrected chi connectivity index (χ0v) is 18.9. The first-order valence-corrected chi connectivity index (χ1v) is 11.4. The highest BCUT2D eigenvalue weighted by Crippen LogP contribution is 2.32. The van der Waals surface area contributed by atoms with Crippen molar-refractivity contribution >= 4 is 28.0 Å². The number of rotatable bonds is 4. The number of pyridine rings is 2. The van der Waals surface area contributed by atoms with Crippen LogP contribution in [0.5, 0.6) is 0 Å². The van der Waals surface area contributed by atoms with Gasteiger partial charge in [0.05, 0.1) is 23.5 Å². The Morgan fingerprint density at radius 3 is 2.72 bits per heavy atom. The van der Waals surface area contributed by atoms with Crippen molar-refractivity contribution in [2.24, 2.45) is 5.73 Å². The molecule has 0 spiro atoms. The molecule has 1 aliphatic heterocycles. The van der Waals surface area contributed by atoms with E-state index in [-0.39, 0.29) is 11.9 Å². The number of aromatic nitrogens is 8. The van der Waals surface area contributed by atoms with E-state index in [0.29, 0.717) is 45.2 Å². The van der Waals surface area contributed by atoms with E-state index in [4.69, 9.17) is 15.7 Å². The Kier molecular flexibility index (Phi) is 4.51. The van der Waals surface area contributed by atoms with Crippen LogP contribution in [0.3, 0.4) is 0 Å². The highest BCUT2D eigenvalue weighted by Gasteiger charge is 2.25. The number of fused-ring (bicyclic) bond motifs is 2. The van der Waals surface area contributed by atoms with Crippen molar-refractivity contribution in [2.45, 2.75) is 6.04 Å². The van der Waals surface area contributed by atoms with E-state index in [2.05, 4.69) is 35.0 Å². The number of nitrogens with zero attached hydrogens (tertiary/aromatic N) is 7. The Bertz CT molecular complexity index is 1750. The summed E-state index contributed by atoms with van der Waals surface area (Å²) in [5, 5.41) is 8.17. The lowest BCUT2D eigenvalue weighted by atomic mass is 10.1. The van der Waals surface area contributed by atoms with Gasteiger partial charge in [0.25, 0.3) is 0 Å². The number of anilines is 1. The van der Waals surface area contributed by atoms with Crippen LogP contribution in [0.25, 0.3) is 56.1 Å². The summed E-state index contributed by atoms with van der Waals surface area (Å²) in [5.74, 6) is 0.962. The molecule has 11 heteroatoms. The molecule has 4 N–H and O–H groups in total. The van der Waals surface area contributed by atoms with Gasteiger partial charge in [0, 0.05) is 48.2 Å². The molecule has 0 unspecified atom stereocenters. The van der Waals surface area contributed by atoms with Crippen molar-refractivity contribution < 1.29 is 4.39 Å². The Labute approximate surface area is 203 Å². The third-order valence-corrected chi connectivity index (χ3v) is 6.34. The van der Waals surface area contributed by atoms with Crippen molar-refractivity contribution in [2.75, 3.05) is 18.0 Å². The quantitative estimate of drug-likeness (QED) is 0.351. The van der Waals surface area contributed by atoms with Gasteiger partial charge < -0.3 is 15.6 Å². The molecule has 10 nitrogen and oxygen atoms in total. The van der Waals surface area contributed by atoms with Gasteiger partial charge in [-0.15, -0.1) is 0 Å². The minimum absolute atomic E-state index is 0.166. The smallest absolute Gasteiger partial charge is 0.161 e. The van der Waals surface area contributed by atoms with Gasteiger partial charge in [-0.1, -0.05) is 18.2 Å². The molecule has 1 saturated heterocycles. The lowest BCUT2D eigenvalue weighted by Crippen LogP contribution is -2.56. The SMILES string of the molecule is NC1CN(c2cncc(-c3cnc4[nH]nc(-c5nc6c(-c7ccccc7F)ccnc6[nH]5)c4c3)n2)C1. The molecule has 176 valence electrons. The maximum atomic E-state index is 14.5. The molecular weight excluding hydrogens is 459 g/mol. The number of imidazole rings is 1. The summed E-state index contributed by atoms with van der Waals surface area (Å²) in [6.45, 7) is 1.52. The maximum absolute atomic E-state index is 14.5. The summed E-state index contributed by atoms with van der Waals surface area (Å²) in [5.41, 5.74) is 10.8. The predicted octanol–water partition coefficient (Wildman–Crippen LogP) is 3.31. The van der Waals surface area contributed by atoms with Crippen LogP contribution in [0.2, 0.25) is 0 Å². The van der Waals surface area contributed by atoms with E-state index >= 15 is 0 Å². The molecule has 36 heavy (non-hydrogen) atoms. The molecular formula is C25H19FN10. The molecule has 0 bridgehead atoms. The van der Waals surface area contributed by atoms with Crippen molar-refractivity contribution in [3.63, 3.8) is 0 Å². The zero-order valence-electron chi connectivity index (χ0n) is 18.9. The second-order valence-electron chi connectivity index (χ2n) is 8.74. The van der Waals surface area contributed by atoms with Gasteiger partial charge in [-0.3, -0.25) is 10.1 Å². The van der Waals surface area contributed by atoms with Crippen LogP contribution in [0.1, 0.15) is 0 Å². The summed E-state index contributed by atoms with van der Waals surface area (Å²) < 4.78 is 14.5. The molecule has 6 aromatic rings. The average Bonchev–Trinajstić information content (AvgIpc) is 3.51. The average molecular weight is 478 g/mol. The van der Waals surface area contributed by atoms with Crippen LogP contribution in [0, 0.1) is 5.82 Å². The number of benzene rings is 1. The minimum atomic E-state index is -0.322. The second kappa shape index (κ2) is 7.89. The van der Waals surface area contributed by atoms with E-state index in [1.54, 1.807) is 49.1 Å². The summed E-state index contributed by atoms with van der Waals surface area (Å²) in [6.07, 6.45) is 6.80. The van der Waals surface area contributed by atoms with Crippen molar-refractivity contribution in [3.05, 3.63) is 67.0 Å². The largest absolute Gasteiger partial charge is 0.352 e. The Balaban J connectivity index is 1.32. The van der Waals surface area contributed by atoms with E-state index in [9.17, 15) is 4.39 Å². The number of nitrogens with two attached hydrogens (primary N) is 1. The fourth-order valence-electron chi connectivity index (χ4n) is 4.49. The minimum Gasteiger partial charge on any atom is -0.352 e. The van der Waals surface area contributed by atoms with Crippen molar-refractivity contribution in [3.8, 4) is 33.9 Å². The van der Waals surface area contributed by atoms with Crippen LogP contribution < -0.4 is 10.6 Å². The van der Waals surface area contributed by atoms with E-state index < -0.39 is 0 Å². The van der Waals surface area contributed by atoms with Gasteiger partial charge in [0.2, 0.25) is 0 Å². The monoisotopic (exact) mass is 478 g/mol. The molecule has 0 saturated carbocycles. The molecule has 6 heterocycles. The molecule has 0 aliphatic carbocycles. The standard InChI is InChI=1S/C25H19FN10/c26-18-4-2-1-3-15(18)16-5-6-29-24-21(16)32-25(33-24)22-17-7-13(8-30-23(17)35-34-22)19-9-28-10-20(31-19)36-11-14(27)12-36/h1-10,14H,11-12,27H2,(H,29,32,33)(H,30,34,35). The van der Waals surface area contributed by atoms with Crippen LogP contribution in [0.15, 0.2) is 61.2 Å². The zero-order chi connectivity index (χ0) is 24.2. The Hall–Kier alpha value is -4.77. The lowest BCUT2D eigenvalue weighted by Gasteiger charge is -2.37. The number of hydrogen-bond acceptors (Lipinski definition) is 8. The number of aromatic amines is 2. The summed E-state index contributed by atoms with van der Waals surface area (Å²) in [4.78, 5) is 28.1. The maximum Gasteiger partial charge on any atom is 0.161 e. The van der Waals surface area contributed by atoms with Crippen LogP contribution in [-0.4, -0.2) is 59.2 Å². The predicted molar refractivity (Wildman–Crippen MR) is 133 cm³/mol.